The molecule has 0 amide bonds. The van der Waals surface area contributed by atoms with Gasteiger partial charge in [-0.2, -0.15) is 0 Å². The van der Waals surface area contributed by atoms with Crippen molar-refractivity contribution in [3.63, 3.8) is 0 Å². The van der Waals surface area contributed by atoms with Crippen molar-refractivity contribution in [2.75, 3.05) is 13.6 Å². The summed E-state index contributed by atoms with van der Waals surface area (Å²) in [5.74, 6) is 1.96. The van der Waals surface area contributed by atoms with Gasteiger partial charge in [-0.25, -0.2) is 4.98 Å². The Bertz CT molecular complexity index is 349. The molecule has 0 aromatic carbocycles. The maximum atomic E-state index is 4.48. The number of rotatable bonds is 4. The lowest BCUT2D eigenvalue weighted by atomic mass is 9.71. The van der Waals surface area contributed by atoms with Crippen LogP contribution in [0.3, 0.4) is 0 Å². The van der Waals surface area contributed by atoms with E-state index in [1.807, 2.05) is 17.5 Å². The predicted molar refractivity (Wildman–Crippen MR) is 67.6 cm³/mol. The minimum atomic E-state index is 0.523. The smallest absolute Gasteiger partial charge is 0.0930 e. The fourth-order valence-corrected chi connectivity index (χ4v) is 4.82. The van der Waals surface area contributed by atoms with Crippen LogP contribution in [0.1, 0.15) is 30.7 Å². The van der Waals surface area contributed by atoms with Crippen molar-refractivity contribution < 1.29 is 0 Å². The van der Waals surface area contributed by atoms with Crippen LogP contribution in [0.4, 0.5) is 0 Å². The monoisotopic (exact) mass is 236 g/mol. The zero-order chi connectivity index (χ0) is 11.0. The molecule has 2 bridgehead atoms. The first-order chi connectivity index (χ1) is 7.82. The standard InChI is InChI=1S/C13H20N2S/c1-14-9-13(8-12-15-4-5-16-12)7-10-2-3-11(13)6-10/h4-5,10-11,14H,2-3,6-9H2,1H3. The summed E-state index contributed by atoms with van der Waals surface area (Å²) in [6.07, 6.45) is 8.99. The molecule has 0 radical (unpaired) electrons. The molecule has 3 atom stereocenters. The lowest BCUT2D eigenvalue weighted by Crippen LogP contribution is -2.39. The average molecular weight is 236 g/mol. The average Bonchev–Trinajstić information content (AvgIpc) is 2.93. The van der Waals surface area contributed by atoms with Crippen molar-refractivity contribution in [3.05, 3.63) is 16.6 Å². The van der Waals surface area contributed by atoms with Gasteiger partial charge in [-0.1, -0.05) is 6.42 Å². The van der Waals surface area contributed by atoms with E-state index in [2.05, 4.69) is 22.7 Å². The van der Waals surface area contributed by atoms with Crippen LogP contribution in [-0.2, 0) is 6.42 Å². The molecule has 3 heteroatoms. The molecule has 16 heavy (non-hydrogen) atoms. The topological polar surface area (TPSA) is 24.9 Å². The summed E-state index contributed by atoms with van der Waals surface area (Å²) in [6, 6.07) is 0. The minimum Gasteiger partial charge on any atom is -0.319 e. The third-order valence-electron chi connectivity index (χ3n) is 4.62. The van der Waals surface area contributed by atoms with Gasteiger partial charge in [-0.05, 0) is 43.6 Å². The van der Waals surface area contributed by atoms with Crippen molar-refractivity contribution >= 4 is 11.3 Å². The van der Waals surface area contributed by atoms with Gasteiger partial charge in [0.25, 0.3) is 0 Å². The normalized spacial score (nSPS) is 37.1. The van der Waals surface area contributed by atoms with Crippen LogP contribution in [0.15, 0.2) is 11.6 Å². The maximum absolute atomic E-state index is 4.48. The molecule has 2 saturated carbocycles. The molecule has 0 saturated heterocycles. The van der Waals surface area contributed by atoms with Crippen LogP contribution < -0.4 is 5.32 Å². The fourth-order valence-electron chi connectivity index (χ4n) is 4.05. The molecule has 0 spiro atoms. The lowest BCUT2D eigenvalue weighted by molar-refractivity contribution is 0.160. The second kappa shape index (κ2) is 4.11. The van der Waals surface area contributed by atoms with Gasteiger partial charge in [-0.15, -0.1) is 11.3 Å². The number of hydrogen-bond acceptors (Lipinski definition) is 3. The van der Waals surface area contributed by atoms with Gasteiger partial charge in [0.15, 0.2) is 0 Å². The van der Waals surface area contributed by atoms with Crippen molar-refractivity contribution in [1.82, 2.24) is 10.3 Å². The van der Waals surface area contributed by atoms with E-state index in [-0.39, 0.29) is 0 Å². The van der Waals surface area contributed by atoms with Crippen LogP contribution in [0.5, 0.6) is 0 Å². The van der Waals surface area contributed by atoms with Gasteiger partial charge in [0.1, 0.15) is 0 Å². The third-order valence-corrected chi connectivity index (χ3v) is 5.40. The summed E-state index contributed by atoms with van der Waals surface area (Å²) in [6.45, 7) is 1.17. The van der Waals surface area contributed by atoms with Crippen LogP contribution in [-0.4, -0.2) is 18.6 Å². The minimum absolute atomic E-state index is 0.523. The summed E-state index contributed by atoms with van der Waals surface area (Å²) < 4.78 is 0. The van der Waals surface area contributed by atoms with E-state index in [1.54, 1.807) is 0 Å². The fraction of sp³-hybridized carbons (Fsp3) is 0.769. The Balaban J connectivity index is 1.81. The second-order valence-electron chi connectivity index (χ2n) is 5.58. The quantitative estimate of drug-likeness (QED) is 0.869. The first kappa shape index (κ1) is 10.7. The van der Waals surface area contributed by atoms with E-state index in [9.17, 15) is 0 Å². The first-order valence-corrected chi connectivity index (χ1v) is 7.23. The summed E-state index contributed by atoms with van der Waals surface area (Å²) >= 11 is 1.82. The second-order valence-corrected chi connectivity index (χ2v) is 6.55. The number of fused-ring (bicyclic) bond motifs is 2. The van der Waals surface area contributed by atoms with Crippen LogP contribution in [0, 0.1) is 17.3 Å². The molecule has 1 aromatic heterocycles. The molecule has 1 heterocycles. The highest BCUT2D eigenvalue weighted by atomic mass is 32.1. The number of nitrogens with one attached hydrogen (secondary N) is 1. The predicted octanol–water partition coefficient (Wildman–Crippen LogP) is 2.71. The molecule has 3 unspecified atom stereocenters. The van der Waals surface area contributed by atoms with Crippen molar-refractivity contribution in [3.8, 4) is 0 Å². The van der Waals surface area contributed by atoms with Crippen molar-refractivity contribution in [2.24, 2.45) is 17.3 Å². The molecule has 2 nitrogen and oxygen atoms in total. The first-order valence-electron chi connectivity index (χ1n) is 6.35. The van der Waals surface area contributed by atoms with Gasteiger partial charge in [0.2, 0.25) is 0 Å². The molecule has 1 N–H and O–H groups in total. The van der Waals surface area contributed by atoms with Gasteiger partial charge in [0, 0.05) is 24.5 Å². The molecular weight excluding hydrogens is 216 g/mol. The van der Waals surface area contributed by atoms with Gasteiger partial charge < -0.3 is 5.32 Å². The summed E-state index contributed by atoms with van der Waals surface area (Å²) in [5.41, 5.74) is 0.523. The van der Waals surface area contributed by atoms with E-state index in [0.717, 1.165) is 11.8 Å². The number of aromatic nitrogens is 1. The molecule has 3 rings (SSSR count). The Labute approximate surface area is 101 Å². The maximum Gasteiger partial charge on any atom is 0.0930 e. The molecule has 2 fully saturated rings. The van der Waals surface area contributed by atoms with Crippen LogP contribution >= 0.6 is 11.3 Å². The Kier molecular flexibility index (Phi) is 2.76. The highest BCUT2D eigenvalue weighted by molar-refractivity contribution is 7.09. The van der Waals surface area contributed by atoms with Crippen LogP contribution in [0.2, 0.25) is 0 Å². The van der Waals surface area contributed by atoms with E-state index < -0.39 is 0 Å². The van der Waals surface area contributed by atoms with E-state index in [1.165, 1.54) is 43.7 Å². The molecule has 88 valence electrons. The molecule has 0 aliphatic heterocycles. The van der Waals surface area contributed by atoms with Gasteiger partial charge in [0.05, 0.1) is 5.01 Å². The van der Waals surface area contributed by atoms with Crippen LogP contribution in [0.25, 0.3) is 0 Å². The highest BCUT2D eigenvalue weighted by Crippen LogP contribution is 2.57. The summed E-state index contributed by atoms with van der Waals surface area (Å²) in [5, 5.41) is 6.87. The highest BCUT2D eigenvalue weighted by Gasteiger charge is 2.50. The zero-order valence-electron chi connectivity index (χ0n) is 9.91. The number of hydrogen-bond donors (Lipinski definition) is 1. The Morgan fingerprint density at radius 1 is 1.56 bits per heavy atom. The summed E-state index contributed by atoms with van der Waals surface area (Å²) in [4.78, 5) is 4.48. The number of nitrogens with zero attached hydrogens (tertiary/aromatic N) is 1. The Morgan fingerprint density at radius 3 is 3.06 bits per heavy atom. The van der Waals surface area contributed by atoms with Crippen molar-refractivity contribution in [2.45, 2.75) is 32.1 Å². The Hall–Kier alpha value is -0.410. The van der Waals surface area contributed by atoms with E-state index in [4.69, 9.17) is 0 Å². The van der Waals surface area contributed by atoms with E-state index >= 15 is 0 Å². The molecule has 1 aromatic rings. The molecule has 2 aliphatic carbocycles. The van der Waals surface area contributed by atoms with E-state index in [0.29, 0.717) is 5.41 Å². The molecule has 2 aliphatic rings. The van der Waals surface area contributed by atoms with Crippen molar-refractivity contribution in [1.29, 1.82) is 0 Å². The number of thiazole rings is 1. The Morgan fingerprint density at radius 2 is 2.50 bits per heavy atom. The SMILES string of the molecule is CNCC1(Cc2nccs2)CC2CCC1C2. The third kappa shape index (κ3) is 1.70. The lowest BCUT2D eigenvalue weighted by Gasteiger charge is -2.37. The summed E-state index contributed by atoms with van der Waals surface area (Å²) in [7, 11) is 2.09. The largest absolute Gasteiger partial charge is 0.319 e. The molecular formula is C13H20N2S. The van der Waals surface area contributed by atoms with Gasteiger partial charge in [-0.3, -0.25) is 0 Å². The zero-order valence-corrected chi connectivity index (χ0v) is 10.7. The van der Waals surface area contributed by atoms with Gasteiger partial charge >= 0.3 is 0 Å².